The fraction of sp³-hybridized carbons (Fsp3) is 1.00. The van der Waals surface area contributed by atoms with Crippen LogP contribution in [0.1, 0.15) is 51.4 Å². The molecule has 2 aliphatic carbocycles. The Morgan fingerprint density at radius 3 is 2.21 bits per heavy atom. The Labute approximate surface area is 115 Å². The number of ether oxygens (including phenoxy) is 2. The van der Waals surface area contributed by atoms with Gasteiger partial charge in [0.15, 0.2) is 5.79 Å². The molecule has 1 saturated heterocycles. The largest absolute Gasteiger partial charge is 0.393 e. The number of hydrogen-bond acceptors (Lipinski definition) is 4. The number of nitrogens with one attached hydrogen (secondary N) is 1. The van der Waals surface area contributed by atoms with Crippen molar-refractivity contribution >= 4 is 0 Å². The molecule has 2 saturated carbocycles. The van der Waals surface area contributed by atoms with E-state index in [9.17, 15) is 5.11 Å². The van der Waals surface area contributed by atoms with Gasteiger partial charge in [0.2, 0.25) is 0 Å². The van der Waals surface area contributed by atoms with Crippen molar-refractivity contribution in [1.82, 2.24) is 5.32 Å². The van der Waals surface area contributed by atoms with Crippen LogP contribution in [0, 0.1) is 5.92 Å². The highest BCUT2D eigenvalue weighted by Crippen LogP contribution is 2.35. The average molecular weight is 269 g/mol. The summed E-state index contributed by atoms with van der Waals surface area (Å²) >= 11 is 0. The quantitative estimate of drug-likeness (QED) is 0.820. The van der Waals surface area contributed by atoms with Crippen LogP contribution in [0.15, 0.2) is 0 Å². The SMILES string of the molecule is OC1CCC(CNC2CCC3(CC2)OCCO3)CC1. The van der Waals surface area contributed by atoms with E-state index in [2.05, 4.69) is 5.32 Å². The Balaban J connectivity index is 1.36. The lowest BCUT2D eigenvalue weighted by Gasteiger charge is -2.36. The van der Waals surface area contributed by atoms with E-state index in [0.29, 0.717) is 6.04 Å². The Morgan fingerprint density at radius 1 is 0.947 bits per heavy atom. The number of aliphatic hydroxyl groups is 1. The molecule has 0 aromatic rings. The van der Waals surface area contributed by atoms with Gasteiger partial charge in [0.25, 0.3) is 0 Å². The molecule has 0 unspecified atom stereocenters. The smallest absolute Gasteiger partial charge is 0.168 e. The summed E-state index contributed by atoms with van der Waals surface area (Å²) in [6, 6.07) is 0.630. The maximum absolute atomic E-state index is 9.51. The molecule has 0 aromatic carbocycles. The fourth-order valence-electron chi connectivity index (χ4n) is 3.73. The minimum absolute atomic E-state index is 0.0394. The normalized spacial score (nSPS) is 35.8. The minimum Gasteiger partial charge on any atom is -0.393 e. The Kier molecular flexibility index (Phi) is 4.42. The zero-order valence-electron chi connectivity index (χ0n) is 11.8. The third kappa shape index (κ3) is 3.48. The van der Waals surface area contributed by atoms with Crippen molar-refractivity contribution in [3.8, 4) is 0 Å². The molecule has 4 heteroatoms. The summed E-state index contributed by atoms with van der Waals surface area (Å²) < 4.78 is 11.5. The average Bonchev–Trinajstić information content (AvgIpc) is 2.89. The third-order valence-corrected chi connectivity index (χ3v) is 5.07. The summed E-state index contributed by atoms with van der Waals surface area (Å²) in [4.78, 5) is 0. The summed E-state index contributed by atoms with van der Waals surface area (Å²) in [6.45, 7) is 2.65. The van der Waals surface area contributed by atoms with E-state index in [1.807, 2.05) is 0 Å². The second-order valence-electron chi connectivity index (χ2n) is 6.46. The Hall–Kier alpha value is -0.160. The first kappa shape index (κ1) is 13.8. The number of aliphatic hydroxyl groups excluding tert-OH is 1. The van der Waals surface area contributed by atoms with Crippen LogP contribution in [0.5, 0.6) is 0 Å². The van der Waals surface area contributed by atoms with Crippen LogP contribution in [-0.2, 0) is 9.47 Å². The first-order valence-electron chi connectivity index (χ1n) is 7.95. The van der Waals surface area contributed by atoms with E-state index < -0.39 is 0 Å². The van der Waals surface area contributed by atoms with Gasteiger partial charge < -0.3 is 19.9 Å². The van der Waals surface area contributed by atoms with E-state index >= 15 is 0 Å². The molecule has 3 rings (SSSR count). The van der Waals surface area contributed by atoms with Crippen LogP contribution < -0.4 is 5.32 Å². The zero-order valence-corrected chi connectivity index (χ0v) is 11.8. The van der Waals surface area contributed by atoms with Crippen molar-refractivity contribution in [1.29, 1.82) is 0 Å². The molecule has 19 heavy (non-hydrogen) atoms. The van der Waals surface area contributed by atoms with E-state index in [4.69, 9.17) is 9.47 Å². The monoisotopic (exact) mass is 269 g/mol. The summed E-state index contributed by atoms with van der Waals surface area (Å²) in [5.41, 5.74) is 0. The lowest BCUT2D eigenvalue weighted by atomic mass is 9.86. The van der Waals surface area contributed by atoms with Crippen molar-refractivity contribution in [2.75, 3.05) is 19.8 Å². The molecule has 0 amide bonds. The van der Waals surface area contributed by atoms with Gasteiger partial charge in [-0.2, -0.15) is 0 Å². The fourth-order valence-corrected chi connectivity index (χ4v) is 3.73. The molecule has 1 heterocycles. The van der Waals surface area contributed by atoms with Gasteiger partial charge in [-0.15, -0.1) is 0 Å². The van der Waals surface area contributed by atoms with E-state index in [-0.39, 0.29) is 11.9 Å². The van der Waals surface area contributed by atoms with E-state index in [1.54, 1.807) is 0 Å². The molecule has 0 bridgehead atoms. The van der Waals surface area contributed by atoms with Crippen molar-refractivity contribution in [3.63, 3.8) is 0 Å². The molecular formula is C15H27NO3. The molecular weight excluding hydrogens is 242 g/mol. The highest BCUT2D eigenvalue weighted by atomic mass is 16.7. The van der Waals surface area contributed by atoms with Gasteiger partial charge in [-0.05, 0) is 51.0 Å². The van der Waals surface area contributed by atoms with Gasteiger partial charge in [-0.25, -0.2) is 0 Å². The molecule has 0 atom stereocenters. The summed E-state index contributed by atoms with van der Waals surface area (Å²) in [7, 11) is 0. The molecule has 4 nitrogen and oxygen atoms in total. The third-order valence-electron chi connectivity index (χ3n) is 5.07. The van der Waals surface area contributed by atoms with Crippen LogP contribution in [0.3, 0.4) is 0 Å². The molecule has 1 spiro atoms. The van der Waals surface area contributed by atoms with Gasteiger partial charge >= 0.3 is 0 Å². The molecule has 0 radical (unpaired) electrons. The lowest BCUT2D eigenvalue weighted by molar-refractivity contribution is -0.179. The van der Waals surface area contributed by atoms with Crippen LogP contribution in [0.4, 0.5) is 0 Å². The van der Waals surface area contributed by atoms with Crippen molar-refractivity contribution < 1.29 is 14.6 Å². The van der Waals surface area contributed by atoms with Gasteiger partial charge in [0.1, 0.15) is 0 Å². The number of rotatable bonds is 3. The van der Waals surface area contributed by atoms with Crippen LogP contribution in [0.2, 0.25) is 0 Å². The molecule has 3 fully saturated rings. The second-order valence-corrected chi connectivity index (χ2v) is 6.46. The summed E-state index contributed by atoms with van der Waals surface area (Å²) in [6.07, 6.45) is 8.69. The molecule has 0 aromatic heterocycles. The topological polar surface area (TPSA) is 50.7 Å². The molecule has 1 aliphatic heterocycles. The molecule has 3 aliphatic rings. The zero-order chi connectivity index (χ0) is 13.1. The Bertz CT molecular complexity index is 273. The van der Waals surface area contributed by atoms with Crippen molar-refractivity contribution in [2.24, 2.45) is 5.92 Å². The summed E-state index contributed by atoms with van der Waals surface area (Å²) in [5, 5.41) is 13.2. The van der Waals surface area contributed by atoms with Crippen molar-refractivity contribution in [3.05, 3.63) is 0 Å². The molecule has 110 valence electrons. The van der Waals surface area contributed by atoms with Crippen LogP contribution in [0.25, 0.3) is 0 Å². The number of hydrogen-bond donors (Lipinski definition) is 2. The lowest BCUT2D eigenvalue weighted by Crippen LogP contribution is -2.43. The van der Waals surface area contributed by atoms with Crippen LogP contribution >= 0.6 is 0 Å². The highest BCUT2D eigenvalue weighted by Gasteiger charge is 2.40. The molecule has 2 N–H and O–H groups in total. The van der Waals surface area contributed by atoms with Crippen LogP contribution in [-0.4, -0.2) is 42.8 Å². The second kappa shape index (κ2) is 6.08. The van der Waals surface area contributed by atoms with Gasteiger partial charge in [0, 0.05) is 18.9 Å². The Morgan fingerprint density at radius 2 is 1.58 bits per heavy atom. The first-order chi connectivity index (χ1) is 9.26. The van der Waals surface area contributed by atoms with Crippen molar-refractivity contribution in [2.45, 2.75) is 69.3 Å². The van der Waals surface area contributed by atoms with Gasteiger partial charge in [-0.1, -0.05) is 0 Å². The first-order valence-corrected chi connectivity index (χ1v) is 7.95. The summed E-state index contributed by atoms with van der Waals surface area (Å²) in [5.74, 6) is 0.533. The predicted molar refractivity (Wildman–Crippen MR) is 72.9 cm³/mol. The maximum Gasteiger partial charge on any atom is 0.168 e. The standard InChI is InChI=1S/C15H27NO3/c17-14-3-1-12(2-4-14)11-16-13-5-7-15(8-6-13)18-9-10-19-15/h12-14,16-17H,1-11H2. The maximum atomic E-state index is 9.51. The van der Waals surface area contributed by atoms with Gasteiger partial charge in [0.05, 0.1) is 19.3 Å². The minimum atomic E-state index is -0.229. The highest BCUT2D eigenvalue weighted by molar-refractivity contribution is 4.86. The van der Waals surface area contributed by atoms with E-state index in [1.165, 1.54) is 12.8 Å². The van der Waals surface area contributed by atoms with Gasteiger partial charge in [-0.3, -0.25) is 0 Å². The van der Waals surface area contributed by atoms with E-state index in [0.717, 1.165) is 64.2 Å². The predicted octanol–water partition coefficient (Wildman–Crippen LogP) is 1.81.